The first-order valence-corrected chi connectivity index (χ1v) is 9.68. The molecule has 0 aromatic carbocycles. The molecular formula is C22H32O4. The minimum Gasteiger partial charge on any atom is -0.504 e. The fourth-order valence-corrected chi connectivity index (χ4v) is 2.81. The summed E-state index contributed by atoms with van der Waals surface area (Å²) in [5.74, 6) is -1.33. The van der Waals surface area contributed by atoms with Crippen LogP contribution in [0.3, 0.4) is 0 Å². The van der Waals surface area contributed by atoms with Gasteiger partial charge in [0.15, 0.2) is 11.5 Å². The minimum atomic E-state index is -0.548. The standard InChI is InChI=1S/C22H32O4/c1-3-4-5-6-7-8-9-10-11-12-13-14-15-16-18-21(24)19(23)17-20(26-2)22(18)25/h5-6,8-9,17,24H,3-4,7,10-16H2,1-2H3. The molecule has 0 aromatic rings. The van der Waals surface area contributed by atoms with Crippen molar-refractivity contribution in [2.45, 2.75) is 71.1 Å². The molecule has 1 rings (SSSR count). The molecule has 4 nitrogen and oxygen atoms in total. The van der Waals surface area contributed by atoms with Crippen molar-refractivity contribution < 1.29 is 19.4 Å². The van der Waals surface area contributed by atoms with Gasteiger partial charge in [-0.1, -0.05) is 56.9 Å². The van der Waals surface area contributed by atoms with Crippen LogP contribution >= 0.6 is 0 Å². The Hall–Kier alpha value is -2.10. The van der Waals surface area contributed by atoms with Gasteiger partial charge < -0.3 is 9.84 Å². The zero-order valence-corrected chi connectivity index (χ0v) is 16.1. The van der Waals surface area contributed by atoms with E-state index in [0.29, 0.717) is 6.42 Å². The van der Waals surface area contributed by atoms with Crippen molar-refractivity contribution in [1.29, 1.82) is 0 Å². The normalized spacial score (nSPS) is 15.4. The van der Waals surface area contributed by atoms with Gasteiger partial charge in [0.05, 0.1) is 7.11 Å². The van der Waals surface area contributed by atoms with Crippen LogP contribution in [0.25, 0.3) is 0 Å². The van der Waals surface area contributed by atoms with Gasteiger partial charge >= 0.3 is 0 Å². The number of methoxy groups -OCH3 is 1. The number of carbonyl (C=O) groups is 2. The molecule has 0 radical (unpaired) electrons. The van der Waals surface area contributed by atoms with Gasteiger partial charge in [-0.15, -0.1) is 0 Å². The summed E-state index contributed by atoms with van der Waals surface area (Å²) >= 11 is 0. The average Bonchev–Trinajstić information content (AvgIpc) is 2.64. The lowest BCUT2D eigenvalue weighted by atomic mass is 9.94. The van der Waals surface area contributed by atoms with Gasteiger partial charge in [-0.05, 0) is 38.5 Å². The number of ketones is 2. The van der Waals surface area contributed by atoms with Crippen molar-refractivity contribution in [3.05, 3.63) is 47.5 Å². The highest BCUT2D eigenvalue weighted by Crippen LogP contribution is 2.23. The molecule has 0 aromatic heterocycles. The molecule has 0 saturated carbocycles. The Labute approximate surface area is 157 Å². The van der Waals surface area contributed by atoms with Crippen molar-refractivity contribution >= 4 is 11.6 Å². The summed E-state index contributed by atoms with van der Waals surface area (Å²) < 4.78 is 4.91. The molecule has 0 spiro atoms. The van der Waals surface area contributed by atoms with E-state index >= 15 is 0 Å². The van der Waals surface area contributed by atoms with Gasteiger partial charge in [0.1, 0.15) is 0 Å². The van der Waals surface area contributed by atoms with Crippen LogP contribution in [0.2, 0.25) is 0 Å². The van der Waals surface area contributed by atoms with Crippen molar-refractivity contribution in [2.24, 2.45) is 0 Å². The second-order valence-electron chi connectivity index (χ2n) is 6.51. The van der Waals surface area contributed by atoms with E-state index in [9.17, 15) is 14.7 Å². The Morgan fingerprint density at radius 3 is 2.31 bits per heavy atom. The lowest BCUT2D eigenvalue weighted by molar-refractivity contribution is -0.119. The van der Waals surface area contributed by atoms with E-state index in [1.807, 2.05) is 0 Å². The summed E-state index contributed by atoms with van der Waals surface area (Å²) in [6.45, 7) is 2.18. The third kappa shape index (κ3) is 7.85. The molecular weight excluding hydrogens is 328 g/mol. The number of unbranched alkanes of at least 4 members (excludes halogenated alkanes) is 6. The van der Waals surface area contributed by atoms with Crippen LogP contribution in [-0.2, 0) is 14.3 Å². The van der Waals surface area contributed by atoms with Crippen LogP contribution in [0, 0.1) is 0 Å². The molecule has 144 valence electrons. The molecule has 0 aliphatic heterocycles. The highest BCUT2D eigenvalue weighted by Gasteiger charge is 2.28. The Morgan fingerprint density at radius 2 is 1.62 bits per heavy atom. The molecule has 0 saturated heterocycles. The van der Waals surface area contributed by atoms with Crippen molar-refractivity contribution in [3.8, 4) is 0 Å². The second kappa shape index (κ2) is 13.2. The molecule has 26 heavy (non-hydrogen) atoms. The van der Waals surface area contributed by atoms with E-state index in [1.165, 1.54) is 13.5 Å². The summed E-state index contributed by atoms with van der Waals surface area (Å²) in [5, 5.41) is 9.81. The first-order valence-electron chi connectivity index (χ1n) is 9.68. The summed E-state index contributed by atoms with van der Waals surface area (Å²) in [4.78, 5) is 23.7. The number of aliphatic hydroxyl groups excluding tert-OH is 1. The second-order valence-corrected chi connectivity index (χ2v) is 6.51. The van der Waals surface area contributed by atoms with Crippen LogP contribution < -0.4 is 0 Å². The van der Waals surface area contributed by atoms with Gasteiger partial charge in [-0.2, -0.15) is 0 Å². The Kier molecular flexibility index (Phi) is 11.1. The summed E-state index contributed by atoms with van der Waals surface area (Å²) in [5.41, 5.74) is 0.188. The van der Waals surface area contributed by atoms with Crippen LogP contribution in [0.15, 0.2) is 47.5 Å². The number of allylic oxidation sites excluding steroid dienone is 6. The molecule has 1 aliphatic carbocycles. The van der Waals surface area contributed by atoms with Crippen molar-refractivity contribution in [3.63, 3.8) is 0 Å². The zero-order valence-electron chi connectivity index (χ0n) is 16.1. The Morgan fingerprint density at radius 1 is 0.962 bits per heavy atom. The van der Waals surface area contributed by atoms with Gasteiger partial charge in [0, 0.05) is 11.6 Å². The highest BCUT2D eigenvalue weighted by molar-refractivity contribution is 6.20. The topological polar surface area (TPSA) is 63.6 Å². The Balaban J connectivity index is 2.14. The van der Waals surface area contributed by atoms with E-state index in [-0.39, 0.29) is 17.1 Å². The van der Waals surface area contributed by atoms with Gasteiger partial charge in [-0.3, -0.25) is 9.59 Å². The first kappa shape index (κ1) is 21.9. The first-order chi connectivity index (χ1) is 12.6. The monoisotopic (exact) mass is 360 g/mol. The van der Waals surface area contributed by atoms with Crippen LogP contribution in [0.5, 0.6) is 0 Å². The number of hydrogen-bond acceptors (Lipinski definition) is 4. The van der Waals surface area contributed by atoms with E-state index < -0.39 is 11.5 Å². The maximum Gasteiger partial charge on any atom is 0.227 e. The minimum absolute atomic E-state index is 0.0131. The van der Waals surface area contributed by atoms with Gasteiger partial charge in [-0.25, -0.2) is 0 Å². The van der Waals surface area contributed by atoms with E-state index in [4.69, 9.17) is 4.74 Å². The number of carbonyl (C=O) groups excluding carboxylic acids is 2. The van der Waals surface area contributed by atoms with Crippen LogP contribution in [-0.4, -0.2) is 23.8 Å². The summed E-state index contributed by atoms with van der Waals surface area (Å²) in [7, 11) is 1.35. The summed E-state index contributed by atoms with van der Waals surface area (Å²) in [6.07, 6.45) is 20.0. The predicted octanol–water partition coefficient (Wildman–Crippen LogP) is 5.51. The molecule has 0 atom stereocenters. The largest absolute Gasteiger partial charge is 0.504 e. The smallest absolute Gasteiger partial charge is 0.227 e. The SMILES string of the molecule is CCCC=CCC=CCCCCCCCC1=C(O)C(=O)C=C(OC)C1=O. The van der Waals surface area contributed by atoms with Crippen molar-refractivity contribution in [1.82, 2.24) is 0 Å². The third-order valence-corrected chi connectivity index (χ3v) is 4.36. The molecule has 0 fully saturated rings. The molecule has 1 aliphatic rings. The summed E-state index contributed by atoms with van der Waals surface area (Å²) in [6, 6.07) is 0. The predicted molar refractivity (Wildman–Crippen MR) is 105 cm³/mol. The quantitative estimate of drug-likeness (QED) is 0.267. The number of ether oxygens (including phenoxy) is 1. The fraction of sp³-hybridized carbons (Fsp3) is 0.545. The maximum atomic E-state index is 12.1. The number of rotatable bonds is 13. The Bertz CT molecular complexity index is 579. The van der Waals surface area contributed by atoms with E-state index in [0.717, 1.165) is 57.4 Å². The molecule has 0 bridgehead atoms. The lowest BCUT2D eigenvalue weighted by Crippen LogP contribution is -2.20. The van der Waals surface area contributed by atoms with Crippen molar-refractivity contribution in [2.75, 3.05) is 7.11 Å². The average molecular weight is 360 g/mol. The van der Waals surface area contributed by atoms with E-state index in [2.05, 4.69) is 31.2 Å². The van der Waals surface area contributed by atoms with Crippen LogP contribution in [0.4, 0.5) is 0 Å². The highest BCUT2D eigenvalue weighted by atomic mass is 16.5. The fourth-order valence-electron chi connectivity index (χ4n) is 2.81. The molecule has 1 N–H and O–H groups in total. The molecule has 0 amide bonds. The zero-order chi connectivity index (χ0) is 19.2. The van der Waals surface area contributed by atoms with E-state index in [1.54, 1.807) is 0 Å². The number of aliphatic hydroxyl groups is 1. The lowest BCUT2D eigenvalue weighted by Gasteiger charge is -2.14. The third-order valence-electron chi connectivity index (χ3n) is 4.36. The maximum absolute atomic E-state index is 12.1. The molecule has 0 unspecified atom stereocenters. The number of Topliss-reactive ketones (excluding diaryl/α,β-unsaturated/α-hetero) is 1. The molecule has 0 heterocycles. The van der Waals surface area contributed by atoms with Gasteiger partial charge in [0.25, 0.3) is 0 Å². The number of hydrogen-bond donors (Lipinski definition) is 1. The van der Waals surface area contributed by atoms with Crippen LogP contribution in [0.1, 0.15) is 71.1 Å². The van der Waals surface area contributed by atoms with Gasteiger partial charge in [0.2, 0.25) is 11.6 Å². The molecule has 4 heteroatoms.